The molecule has 2 aliphatic rings. The van der Waals surface area contributed by atoms with Gasteiger partial charge in [0, 0.05) is 56.5 Å². The molecule has 1 aliphatic carbocycles. The summed E-state index contributed by atoms with van der Waals surface area (Å²) in [6, 6.07) is -0.00730. The maximum absolute atomic E-state index is 12.5. The van der Waals surface area contributed by atoms with Crippen LogP contribution in [0.15, 0.2) is 12.5 Å². The summed E-state index contributed by atoms with van der Waals surface area (Å²) in [4.78, 5) is 18.6. The van der Waals surface area contributed by atoms with Gasteiger partial charge in [-0.1, -0.05) is 0 Å². The van der Waals surface area contributed by atoms with Gasteiger partial charge in [0.15, 0.2) is 0 Å². The first-order valence-corrected chi connectivity index (χ1v) is 7.72. The number of likely N-dealkylation sites (tertiary alicyclic amines) is 1. The zero-order chi connectivity index (χ0) is 15.0. The van der Waals surface area contributed by atoms with Crippen LogP contribution in [0.3, 0.4) is 0 Å². The highest BCUT2D eigenvalue weighted by atomic mass is 16.5. The summed E-state index contributed by atoms with van der Waals surface area (Å²) in [6.45, 7) is 4.07. The van der Waals surface area contributed by atoms with Gasteiger partial charge in [-0.2, -0.15) is 0 Å². The van der Waals surface area contributed by atoms with Crippen molar-refractivity contribution in [3.63, 3.8) is 0 Å². The normalized spacial score (nSPS) is 32.2. The lowest BCUT2D eigenvalue weighted by molar-refractivity contribution is -0.143. The zero-order valence-corrected chi connectivity index (χ0v) is 12.7. The number of carbonyl (C=O) groups excluding carboxylic acids is 1. The van der Waals surface area contributed by atoms with E-state index < -0.39 is 0 Å². The number of aromatic nitrogens is 2. The third-order valence-corrected chi connectivity index (χ3v) is 4.76. The van der Waals surface area contributed by atoms with Crippen LogP contribution in [0, 0.1) is 5.92 Å². The van der Waals surface area contributed by atoms with E-state index >= 15 is 0 Å². The molecule has 0 unspecified atom stereocenters. The average Bonchev–Trinajstić information content (AvgIpc) is 2.98. The fraction of sp³-hybridized carbons (Fsp3) is 0.733. The van der Waals surface area contributed by atoms with Crippen LogP contribution >= 0.6 is 0 Å². The molecule has 2 N–H and O–H groups in total. The van der Waals surface area contributed by atoms with E-state index in [9.17, 15) is 4.79 Å². The van der Waals surface area contributed by atoms with Gasteiger partial charge in [0.05, 0.1) is 12.4 Å². The summed E-state index contributed by atoms with van der Waals surface area (Å²) in [5.41, 5.74) is 7.35. The number of aryl methyl sites for hydroxylation is 1. The highest BCUT2D eigenvalue weighted by molar-refractivity contribution is 5.80. The summed E-state index contributed by atoms with van der Waals surface area (Å²) in [7, 11) is 1.97. The summed E-state index contributed by atoms with van der Waals surface area (Å²) in [5.74, 6) is 0.550. The van der Waals surface area contributed by atoms with Crippen molar-refractivity contribution in [2.75, 3.05) is 19.7 Å². The van der Waals surface area contributed by atoms with Crippen LogP contribution in [0.4, 0.5) is 0 Å². The van der Waals surface area contributed by atoms with Gasteiger partial charge in [-0.3, -0.25) is 4.79 Å². The third-order valence-electron chi connectivity index (χ3n) is 4.76. The SMILES string of the molecule is CCOC1CC(C(=O)N2C[C@@H](N)[C@H](c3cncn3C)C2)C1. The van der Waals surface area contributed by atoms with Gasteiger partial charge in [0.25, 0.3) is 0 Å². The third kappa shape index (κ3) is 2.70. The van der Waals surface area contributed by atoms with E-state index in [2.05, 4.69) is 4.98 Å². The Morgan fingerprint density at radius 1 is 1.48 bits per heavy atom. The zero-order valence-electron chi connectivity index (χ0n) is 12.7. The molecule has 6 heteroatoms. The van der Waals surface area contributed by atoms with Crippen LogP contribution in [0.25, 0.3) is 0 Å². The Morgan fingerprint density at radius 3 is 2.86 bits per heavy atom. The van der Waals surface area contributed by atoms with E-state index in [1.54, 1.807) is 6.33 Å². The second-order valence-corrected chi connectivity index (χ2v) is 6.19. The maximum atomic E-state index is 12.5. The van der Waals surface area contributed by atoms with Gasteiger partial charge in [0.2, 0.25) is 5.91 Å². The van der Waals surface area contributed by atoms with E-state index in [1.807, 2.05) is 29.6 Å². The summed E-state index contributed by atoms with van der Waals surface area (Å²) < 4.78 is 7.52. The van der Waals surface area contributed by atoms with Crippen molar-refractivity contribution in [3.05, 3.63) is 18.2 Å². The van der Waals surface area contributed by atoms with E-state index in [0.29, 0.717) is 13.1 Å². The van der Waals surface area contributed by atoms with Crippen molar-refractivity contribution in [2.24, 2.45) is 18.7 Å². The number of carbonyl (C=O) groups is 1. The molecule has 1 saturated heterocycles. The minimum absolute atomic E-state index is 0.00730. The summed E-state index contributed by atoms with van der Waals surface area (Å²) in [6.07, 6.45) is 5.62. The highest BCUT2D eigenvalue weighted by Crippen LogP contribution is 2.34. The van der Waals surface area contributed by atoms with E-state index in [-0.39, 0.29) is 29.9 Å². The fourth-order valence-corrected chi connectivity index (χ4v) is 3.44. The lowest BCUT2D eigenvalue weighted by Gasteiger charge is -2.36. The van der Waals surface area contributed by atoms with E-state index in [0.717, 1.165) is 25.1 Å². The van der Waals surface area contributed by atoms with Crippen molar-refractivity contribution in [3.8, 4) is 0 Å². The van der Waals surface area contributed by atoms with Crippen LogP contribution in [0.5, 0.6) is 0 Å². The minimum atomic E-state index is -0.00730. The lowest BCUT2D eigenvalue weighted by atomic mass is 9.81. The first-order valence-electron chi connectivity index (χ1n) is 7.72. The number of rotatable bonds is 4. The smallest absolute Gasteiger partial charge is 0.225 e. The molecule has 2 atom stereocenters. The first kappa shape index (κ1) is 14.5. The number of amides is 1. The second-order valence-electron chi connectivity index (χ2n) is 6.19. The molecule has 1 aromatic heterocycles. The molecule has 0 bridgehead atoms. The van der Waals surface area contributed by atoms with Crippen LogP contribution in [0.1, 0.15) is 31.4 Å². The monoisotopic (exact) mass is 292 g/mol. The Bertz CT molecular complexity index is 510. The number of nitrogens with zero attached hydrogens (tertiary/aromatic N) is 3. The number of hydrogen-bond donors (Lipinski definition) is 1. The predicted molar refractivity (Wildman–Crippen MR) is 78.6 cm³/mol. The van der Waals surface area contributed by atoms with Gasteiger partial charge < -0.3 is 19.9 Å². The Hall–Kier alpha value is -1.40. The maximum Gasteiger partial charge on any atom is 0.225 e. The molecule has 1 amide bonds. The Morgan fingerprint density at radius 2 is 2.24 bits per heavy atom. The molecule has 1 aliphatic heterocycles. The van der Waals surface area contributed by atoms with E-state index in [1.165, 1.54) is 0 Å². The molecule has 2 heterocycles. The molecule has 21 heavy (non-hydrogen) atoms. The molecule has 3 rings (SSSR count). The molecule has 6 nitrogen and oxygen atoms in total. The number of imidazole rings is 1. The van der Waals surface area contributed by atoms with Crippen LogP contribution in [0.2, 0.25) is 0 Å². The van der Waals surface area contributed by atoms with Crippen LogP contribution < -0.4 is 5.73 Å². The quantitative estimate of drug-likeness (QED) is 0.876. The Balaban J connectivity index is 1.59. The largest absolute Gasteiger partial charge is 0.378 e. The average molecular weight is 292 g/mol. The van der Waals surface area contributed by atoms with Gasteiger partial charge >= 0.3 is 0 Å². The fourth-order valence-electron chi connectivity index (χ4n) is 3.44. The Kier molecular flexibility index (Phi) is 3.99. The van der Waals surface area contributed by atoms with Crippen molar-refractivity contribution < 1.29 is 9.53 Å². The van der Waals surface area contributed by atoms with Crippen molar-refractivity contribution in [2.45, 2.75) is 37.8 Å². The molecule has 0 aromatic carbocycles. The molecule has 1 saturated carbocycles. The topological polar surface area (TPSA) is 73.4 Å². The van der Waals surface area contributed by atoms with Crippen molar-refractivity contribution in [1.29, 1.82) is 0 Å². The summed E-state index contributed by atoms with van der Waals surface area (Å²) in [5, 5.41) is 0. The van der Waals surface area contributed by atoms with E-state index in [4.69, 9.17) is 10.5 Å². The standard InChI is InChI=1S/C15H24N4O2/c1-3-21-11-4-10(5-11)15(20)19-7-12(13(16)8-19)14-6-17-9-18(14)2/h6,9-13H,3-5,7-8,16H2,1-2H3/t10?,11?,12-,13-/m1/s1. The molecule has 2 fully saturated rings. The minimum Gasteiger partial charge on any atom is -0.378 e. The number of hydrogen-bond acceptors (Lipinski definition) is 4. The van der Waals surface area contributed by atoms with Gasteiger partial charge in [-0.05, 0) is 19.8 Å². The van der Waals surface area contributed by atoms with Gasteiger partial charge in [-0.15, -0.1) is 0 Å². The first-order chi connectivity index (χ1) is 10.1. The van der Waals surface area contributed by atoms with Crippen molar-refractivity contribution in [1.82, 2.24) is 14.5 Å². The highest BCUT2D eigenvalue weighted by Gasteiger charge is 2.42. The molecular formula is C15H24N4O2. The molecule has 0 radical (unpaired) electrons. The molecular weight excluding hydrogens is 268 g/mol. The molecule has 1 aromatic rings. The van der Waals surface area contributed by atoms with Crippen LogP contribution in [-0.4, -0.2) is 52.2 Å². The second kappa shape index (κ2) is 5.77. The molecule has 0 spiro atoms. The van der Waals surface area contributed by atoms with Gasteiger partial charge in [-0.25, -0.2) is 4.98 Å². The Labute approximate surface area is 125 Å². The van der Waals surface area contributed by atoms with Crippen molar-refractivity contribution >= 4 is 5.91 Å². The predicted octanol–water partition coefficient (Wildman–Crippen LogP) is 0.488. The van der Waals surface area contributed by atoms with Crippen LogP contribution in [-0.2, 0) is 16.6 Å². The van der Waals surface area contributed by atoms with Gasteiger partial charge in [0.1, 0.15) is 0 Å². The molecule has 116 valence electrons. The lowest BCUT2D eigenvalue weighted by Crippen LogP contribution is -2.44. The number of nitrogens with two attached hydrogens (primary N) is 1. The summed E-state index contributed by atoms with van der Waals surface area (Å²) >= 11 is 0. The number of ether oxygens (including phenoxy) is 1.